The molecule has 252 valence electrons. The van der Waals surface area contributed by atoms with Crippen LogP contribution >= 0.6 is 0 Å². The maximum Gasteiger partial charge on any atom is 0.196 e. The molecule has 5 atom stereocenters. The molecule has 6 aliphatic rings. The molecule has 3 heteroatoms. The molecule has 5 aliphatic carbocycles. The maximum atomic E-state index is 4.98. The smallest absolute Gasteiger partial charge is 0.196 e. The second kappa shape index (κ2) is 12.3. The Morgan fingerprint density at radius 1 is 0.900 bits per heavy atom. The second-order valence-corrected chi connectivity index (χ2v) is 15.7. The zero-order valence-electron chi connectivity index (χ0n) is 30.0. The lowest BCUT2D eigenvalue weighted by molar-refractivity contribution is 0.393. The van der Waals surface area contributed by atoms with E-state index in [2.05, 4.69) is 148 Å². The summed E-state index contributed by atoms with van der Waals surface area (Å²) in [5.74, 6) is 2.75. The van der Waals surface area contributed by atoms with Crippen LogP contribution in [0.1, 0.15) is 98.6 Å². The van der Waals surface area contributed by atoms with Gasteiger partial charge in [0.05, 0.1) is 0 Å². The maximum absolute atomic E-state index is 4.98. The molecule has 0 fully saturated rings. The fraction of sp³-hybridized carbons (Fsp3) is 0.340. The van der Waals surface area contributed by atoms with E-state index in [-0.39, 0.29) is 5.41 Å². The molecule has 0 spiro atoms. The van der Waals surface area contributed by atoms with Crippen LogP contribution in [0.4, 0.5) is 5.69 Å². The van der Waals surface area contributed by atoms with Crippen molar-refractivity contribution in [2.75, 3.05) is 11.9 Å². The second-order valence-electron chi connectivity index (χ2n) is 15.7. The number of benzene rings is 3. The third-order valence-corrected chi connectivity index (χ3v) is 12.7. The van der Waals surface area contributed by atoms with Crippen molar-refractivity contribution >= 4 is 22.8 Å². The summed E-state index contributed by atoms with van der Waals surface area (Å²) in [4.78, 5) is 4.98. The third kappa shape index (κ3) is 4.95. The van der Waals surface area contributed by atoms with Gasteiger partial charge in [-0.15, -0.1) is 0 Å². The Labute approximate surface area is 298 Å². The number of para-hydroxylation sites is 1. The van der Waals surface area contributed by atoms with Crippen LogP contribution in [0, 0.1) is 11.8 Å². The van der Waals surface area contributed by atoms with Crippen molar-refractivity contribution in [3.8, 4) is 11.1 Å². The van der Waals surface area contributed by atoms with Crippen LogP contribution in [-0.4, -0.2) is 18.5 Å². The van der Waals surface area contributed by atoms with E-state index in [0.29, 0.717) is 29.7 Å². The molecule has 0 radical (unpaired) electrons. The minimum absolute atomic E-state index is 0.0822. The lowest BCUT2D eigenvalue weighted by Crippen LogP contribution is -2.46. The van der Waals surface area contributed by atoms with Crippen LogP contribution < -0.4 is 10.6 Å². The van der Waals surface area contributed by atoms with Crippen molar-refractivity contribution in [3.05, 3.63) is 148 Å². The Balaban J connectivity index is 0.959. The lowest BCUT2D eigenvalue weighted by Gasteiger charge is -2.33. The SMILES string of the molecule is CCc1c(-c2ccccc2NC2=NCC[C@H](C3C=CC=C(c4cccc5c4C(C)C4=C5C=CCC4)C3)N2)ccc2c1C(C)(C)C1C=CC=CC21. The number of hydrogen-bond donors (Lipinski definition) is 2. The van der Waals surface area contributed by atoms with Gasteiger partial charge in [-0.3, -0.25) is 4.99 Å². The van der Waals surface area contributed by atoms with Crippen LogP contribution in [0.5, 0.6) is 0 Å². The molecule has 0 amide bonds. The Bertz CT molecular complexity index is 2100. The fourth-order valence-electron chi connectivity index (χ4n) is 10.3. The first-order valence-electron chi connectivity index (χ1n) is 19.0. The predicted molar refractivity (Wildman–Crippen MR) is 212 cm³/mol. The highest BCUT2D eigenvalue weighted by atomic mass is 15.2. The molecule has 9 rings (SSSR count). The largest absolute Gasteiger partial charge is 0.353 e. The Kier molecular flexibility index (Phi) is 7.71. The quantitative estimate of drug-likeness (QED) is 0.287. The van der Waals surface area contributed by atoms with Crippen molar-refractivity contribution in [3.63, 3.8) is 0 Å². The number of fused-ring (bicyclic) bond motifs is 5. The molecule has 4 unspecified atom stereocenters. The van der Waals surface area contributed by atoms with Gasteiger partial charge in [0.15, 0.2) is 5.96 Å². The number of guanidine groups is 1. The van der Waals surface area contributed by atoms with Gasteiger partial charge in [-0.2, -0.15) is 0 Å². The molecule has 0 aromatic heterocycles. The summed E-state index contributed by atoms with van der Waals surface area (Å²) in [5.41, 5.74) is 17.3. The number of allylic oxidation sites excluding steroid dienone is 11. The van der Waals surface area contributed by atoms with E-state index < -0.39 is 0 Å². The number of nitrogens with zero attached hydrogens (tertiary/aromatic N) is 1. The van der Waals surface area contributed by atoms with E-state index in [4.69, 9.17) is 4.99 Å². The van der Waals surface area contributed by atoms with Crippen LogP contribution in [0.15, 0.2) is 120 Å². The highest BCUT2D eigenvalue weighted by Gasteiger charge is 2.46. The summed E-state index contributed by atoms with van der Waals surface area (Å²) in [7, 11) is 0. The van der Waals surface area contributed by atoms with Crippen molar-refractivity contribution in [2.24, 2.45) is 16.8 Å². The number of aliphatic imine (C=N–C) groups is 1. The topological polar surface area (TPSA) is 36.4 Å². The average molecular weight is 656 g/mol. The van der Waals surface area contributed by atoms with E-state index in [1.807, 2.05) is 0 Å². The van der Waals surface area contributed by atoms with Crippen LogP contribution in [-0.2, 0) is 11.8 Å². The number of rotatable bonds is 5. The van der Waals surface area contributed by atoms with Gasteiger partial charge < -0.3 is 10.6 Å². The van der Waals surface area contributed by atoms with E-state index in [0.717, 1.165) is 43.9 Å². The van der Waals surface area contributed by atoms with E-state index in [1.54, 1.807) is 11.1 Å². The molecule has 1 heterocycles. The Morgan fingerprint density at radius 2 is 1.74 bits per heavy atom. The van der Waals surface area contributed by atoms with E-state index in [9.17, 15) is 0 Å². The van der Waals surface area contributed by atoms with Crippen LogP contribution in [0.3, 0.4) is 0 Å². The minimum atomic E-state index is 0.0822. The highest BCUT2D eigenvalue weighted by Crippen LogP contribution is 2.55. The molecule has 3 aromatic rings. The van der Waals surface area contributed by atoms with E-state index >= 15 is 0 Å². The lowest BCUT2D eigenvalue weighted by atomic mass is 9.73. The van der Waals surface area contributed by atoms with Gasteiger partial charge in [0.25, 0.3) is 0 Å². The molecule has 0 saturated heterocycles. The monoisotopic (exact) mass is 655 g/mol. The molecular weight excluding hydrogens is 607 g/mol. The molecule has 3 aromatic carbocycles. The zero-order valence-corrected chi connectivity index (χ0v) is 30.0. The predicted octanol–water partition coefficient (Wildman–Crippen LogP) is 11.0. The summed E-state index contributed by atoms with van der Waals surface area (Å²) >= 11 is 0. The normalized spacial score (nSPS) is 26.8. The van der Waals surface area contributed by atoms with Crippen LogP contribution in [0.25, 0.3) is 22.3 Å². The average Bonchev–Trinajstić information content (AvgIpc) is 3.59. The van der Waals surface area contributed by atoms with Crippen molar-refractivity contribution in [2.45, 2.75) is 83.1 Å². The van der Waals surface area contributed by atoms with Crippen molar-refractivity contribution in [1.82, 2.24) is 5.32 Å². The molecular formula is C47H49N3. The van der Waals surface area contributed by atoms with Gasteiger partial charge in [0.2, 0.25) is 0 Å². The molecule has 0 bridgehead atoms. The third-order valence-electron chi connectivity index (χ3n) is 12.7. The first kappa shape index (κ1) is 31.4. The summed E-state index contributed by atoms with van der Waals surface area (Å²) in [5, 5.41) is 7.65. The summed E-state index contributed by atoms with van der Waals surface area (Å²) in [6, 6.07) is 20.9. The minimum Gasteiger partial charge on any atom is -0.353 e. The van der Waals surface area contributed by atoms with Crippen molar-refractivity contribution in [1.29, 1.82) is 0 Å². The highest BCUT2D eigenvalue weighted by molar-refractivity contribution is 5.98. The number of nitrogens with one attached hydrogen (secondary N) is 2. The summed E-state index contributed by atoms with van der Waals surface area (Å²) in [6.07, 6.45) is 26.5. The van der Waals surface area contributed by atoms with Gasteiger partial charge in [0, 0.05) is 41.6 Å². The van der Waals surface area contributed by atoms with Gasteiger partial charge >= 0.3 is 0 Å². The zero-order chi connectivity index (χ0) is 34.0. The molecule has 50 heavy (non-hydrogen) atoms. The van der Waals surface area contributed by atoms with E-state index in [1.165, 1.54) is 56.5 Å². The molecule has 1 aliphatic heterocycles. The number of hydrogen-bond acceptors (Lipinski definition) is 3. The fourth-order valence-corrected chi connectivity index (χ4v) is 10.3. The van der Waals surface area contributed by atoms with Gasteiger partial charge in [-0.25, -0.2) is 0 Å². The molecule has 0 saturated carbocycles. The van der Waals surface area contributed by atoms with Gasteiger partial charge in [-0.1, -0.05) is 136 Å². The molecule has 3 nitrogen and oxygen atoms in total. The summed E-state index contributed by atoms with van der Waals surface area (Å²) in [6.45, 7) is 10.5. The van der Waals surface area contributed by atoms with Crippen LogP contribution in [0.2, 0.25) is 0 Å². The van der Waals surface area contributed by atoms with Gasteiger partial charge in [-0.05, 0) is 99.6 Å². The van der Waals surface area contributed by atoms with Crippen molar-refractivity contribution < 1.29 is 0 Å². The first-order chi connectivity index (χ1) is 24.4. The molecule has 2 N–H and O–H groups in total. The number of anilines is 1. The summed E-state index contributed by atoms with van der Waals surface area (Å²) < 4.78 is 0. The Morgan fingerprint density at radius 3 is 2.64 bits per heavy atom. The Hall–Kier alpha value is -4.63. The van der Waals surface area contributed by atoms with Gasteiger partial charge in [0.1, 0.15) is 0 Å². The standard InChI is InChI=1S/C47H49N3/c1-5-32-36(24-25-40-37-18-8-10-22-41(37)47(3,4)45(32)40)38-19-9-11-23-43(38)50-46-48-27-26-42(49-46)31-15-12-14-30(28-31)34-20-13-21-39-35-17-7-6-16-33(35)29(2)44(34)39/h7-15,17-25,29,31,37,41-42H,5-6,16,26-28H2,1-4H3,(H2,48,49,50)/t29?,31?,37?,41?,42-/m1/s1. The first-order valence-corrected chi connectivity index (χ1v) is 19.0.